The minimum absolute atomic E-state index is 0.107. The van der Waals surface area contributed by atoms with E-state index in [1.165, 1.54) is 0 Å². The van der Waals surface area contributed by atoms with Crippen molar-refractivity contribution in [3.63, 3.8) is 0 Å². The third-order valence-electron chi connectivity index (χ3n) is 6.37. The molecule has 1 N–H and O–H groups in total. The largest absolute Gasteiger partial charge is 0.271 e. The Morgan fingerprint density at radius 3 is 2.12 bits per heavy atom. The summed E-state index contributed by atoms with van der Waals surface area (Å²) in [7, 11) is 0. The van der Waals surface area contributed by atoms with E-state index in [9.17, 15) is 5.26 Å². The zero-order chi connectivity index (χ0) is 23.9. The van der Waals surface area contributed by atoms with Crippen molar-refractivity contribution < 1.29 is 0 Å². The molecule has 0 saturated heterocycles. The van der Waals surface area contributed by atoms with Gasteiger partial charge in [0, 0.05) is 11.1 Å². The number of nitrogens with one attached hydrogen (secondary N) is 1. The van der Waals surface area contributed by atoms with Crippen LogP contribution < -0.4 is 0 Å². The van der Waals surface area contributed by atoms with Crippen LogP contribution in [0.1, 0.15) is 36.8 Å². The number of benzene rings is 2. The second-order valence-corrected chi connectivity index (χ2v) is 8.25. The average Bonchev–Trinajstić information content (AvgIpc) is 2.90. The molecule has 0 radical (unpaired) electrons. The van der Waals surface area contributed by atoms with E-state index in [0.717, 1.165) is 59.1 Å². The van der Waals surface area contributed by atoms with E-state index in [2.05, 4.69) is 33.8 Å². The van der Waals surface area contributed by atoms with Crippen LogP contribution in [0.5, 0.6) is 0 Å². The molecule has 0 aromatic heterocycles. The van der Waals surface area contributed by atoms with Gasteiger partial charge in [-0.2, -0.15) is 0 Å². The van der Waals surface area contributed by atoms with Crippen molar-refractivity contribution >= 4 is 17.0 Å². The number of allylic oxidation sites excluding steroid dienone is 8. The van der Waals surface area contributed by atoms with Crippen LogP contribution in [0.3, 0.4) is 0 Å². The first-order chi connectivity index (χ1) is 16.7. The molecule has 0 saturated carbocycles. The van der Waals surface area contributed by atoms with Crippen molar-refractivity contribution in [1.29, 1.82) is 10.7 Å². The van der Waals surface area contributed by atoms with Gasteiger partial charge in [0.05, 0.1) is 19.2 Å². The second kappa shape index (κ2) is 10.3. The van der Waals surface area contributed by atoms with Crippen molar-refractivity contribution in [2.24, 2.45) is 5.92 Å². The molecule has 1 unspecified atom stereocenters. The van der Waals surface area contributed by atoms with Crippen LogP contribution in [-0.4, -0.2) is 5.87 Å². The van der Waals surface area contributed by atoms with Gasteiger partial charge in [0.25, 0.3) is 11.4 Å². The molecule has 4 rings (SSSR count). The maximum absolute atomic E-state index is 9.65. The van der Waals surface area contributed by atoms with Crippen LogP contribution in [-0.2, 0) is 0 Å². The van der Waals surface area contributed by atoms with E-state index in [0.29, 0.717) is 11.5 Å². The molecule has 2 aliphatic rings. The normalized spacial score (nSPS) is 18.9. The van der Waals surface area contributed by atoms with Gasteiger partial charge in [0.1, 0.15) is 0 Å². The number of fused-ring (bicyclic) bond motifs is 1. The fraction of sp³-hybridized carbons (Fsp3) is 0.167. The molecule has 0 heterocycles. The SMILES string of the molecule is [C-]#[N+]C(=C=N)/C(=C1\C=C2C=C(/C(=C(/C#N)[N+]#[C-])c3ccccc3)CCC2CC1)c1ccccc1. The fourth-order valence-corrected chi connectivity index (χ4v) is 4.80. The minimum Gasteiger partial charge on any atom is -0.271 e. The van der Waals surface area contributed by atoms with Crippen LogP contribution in [0.4, 0.5) is 0 Å². The number of hydrogen-bond acceptors (Lipinski definition) is 2. The van der Waals surface area contributed by atoms with E-state index in [-0.39, 0.29) is 11.4 Å². The summed E-state index contributed by atoms with van der Waals surface area (Å²) in [6.07, 6.45) is 7.83. The van der Waals surface area contributed by atoms with Gasteiger partial charge in [0.15, 0.2) is 0 Å². The highest BCUT2D eigenvalue weighted by atomic mass is 14.7. The second-order valence-electron chi connectivity index (χ2n) is 8.25. The lowest BCUT2D eigenvalue weighted by Gasteiger charge is -2.31. The molecule has 162 valence electrons. The molecule has 0 amide bonds. The van der Waals surface area contributed by atoms with Crippen LogP contribution >= 0.6 is 0 Å². The molecule has 0 bridgehead atoms. The topological polar surface area (TPSA) is 56.4 Å². The van der Waals surface area contributed by atoms with Crippen molar-refractivity contribution in [1.82, 2.24) is 0 Å². The summed E-state index contributed by atoms with van der Waals surface area (Å²) in [5.41, 5.74) is 6.74. The highest BCUT2D eigenvalue weighted by molar-refractivity contribution is 5.92. The zero-order valence-corrected chi connectivity index (χ0v) is 18.7. The monoisotopic (exact) mass is 438 g/mol. The Morgan fingerprint density at radius 2 is 1.53 bits per heavy atom. The lowest BCUT2D eigenvalue weighted by Crippen LogP contribution is -2.15. The van der Waals surface area contributed by atoms with Crippen molar-refractivity contribution in [3.05, 3.63) is 135 Å². The molecule has 0 fully saturated rings. The lowest BCUT2D eigenvalue weighted by atomic mass is 9.74. The molecule has 4 heteroatoms. The van der Waals surface area contributed by atoms with Gasteiger partial charge in [-0.1, -0.05) is 72.8 Å². The Labute approximate surface area is 200 Å². The lowest BCUT2D eigenvalue weighted by molar-refractivity contribution is 0.503. The smallest absolute Gasteiger partial charge is 0.269 e. The highest BCUT2D eigenvalue weighted by Crippen LogP contribution is 2.44. The summed E-state index contributed by atoms with van der Waals surface area (Å²) in [6.45, 7) is 15.1. The van der Waals surface area contributed by atoms with Gasteiger partial charge in [-0.15, -0.1) is 0 Å². The molecular formula is C30H22N4. The van der Waals surface area contributed by atoms with E-state index in [1.54, 1.807) is 0 Å². The molecule has 2 aromatic rings. The summed E-state index contributed by atoms with van der Waals surface area (Å²) in [5.74, 6) is 2.73. The molecular weight excluding hydrogens is 416 g/mol. The first-order valence-electron chi connectivity index (χ1n) is 11.2. The molecule has 0 aliphatic heterocycles. The summed E-state index contributed by atoms with van der Waals surface area (Å²) in [6, 6.07) is 21.5. The fourth-order valence-electron chi connectivity index (χ4n) is 4.80. The molecule has 0 spiro atoms. The third-order valence-corrected chi connectivity index (χ3v) is 6.37. The molecule has 34 heavy (non-hydrogen) atoms. The van der Waals surface area contributed by atoms with Crippen LogP contribution in [0.15, 0.2) is 101 Å². The summed E-state index contributed by atoms with van der Waals surface area (Å²) in [5, 5.41) is 17.3. The third kappa shape index (κ3) is 4.44. The highest BCUT2D eigenvalue weighted by Gasteiger charge is 2.27. The van der Waals surface area contributed by atoms with E-state index in [1.807, 2.05) is 60.7 Å². The van der Waals surface area contributed by atoms with Gasteiger partial charge in [-0.25, -0.2) is 15.0 Å². The zero-order valence-electron chi connectivity index (χ0n) is 18.7. The Morgan fingerprint density at radius 1 is 0.882 bits per heavy atom. The number of nitriles is 1. The molecule has 2 aliphatic carbocycles. The Bertz CT molecular complexity index is 1390. The van der Waals surface area contributed by atoms with Crippen LogP contribution in [0.25, 0.3) is 20.8 Å². The Hall–Kier alpha value is -4.68. The molecule has 2 aromatic carbocycles. The van der Waals surface area contributed by atoms with Gasteiger partial charge in [0.2, 0.25) is 0 Å². The predicted molar refractivity (Wildman–Crippen MR) is 135 cm³/mol. The summed E-state index contributed by atoms with van der Waals surface area (Å²) >= 11 is 0. The number of rotatable bonds is 4. The van der Waals surface area contributed by atoms with Gasteiger partial charge in [-0.3, -0.25) is 5.41 Å². The standard InChI is InChI=1S/C30H22N4/c1-33-27(19-31)29(22-9-5-3-6-10-22)24-15-13-21-14-16-25(18-26(21)17-24)30(28(20-32)34-2)23-11-7-4-8-12-23/h3-12,17-18,21,31H,13-16H2/b29-24-,30-28-. The van der Waals surface area contributed by atoms with Gasteiger partial charge < -0.3 is 0 Å². The summed E-state index contributed by atoms with van der Waals surface area (Å²) < 4.78 is 0. The average molecular weight is 439 g/mol. The van der Waals surface area contributed by atoms with E-state index < -0.39 is 0 Å². The predicted octanol–water partition coefficient (Wildman–Crippen LogP) is 7.40. The van der Waals surface area contributed by atoms with Gasteiger partial charge in [-0.05, 0) is 65.3 Å². The van der Waals surface area contributed by atoms with Crippen molar-refractivity contribution in [3.8, 4) is 6.07 Å². The van der Waals surface area contributed by atoms with E-state index in [4.69, 9.17) is 18.6 Å². The van der Waals surface area contributed by atoms with Gasteiger partial charge >= 0.3 is 0 Å². The van der Waals surface area contributed by atoms with Crippen molar-refractivity contribution in [2.75, 3.05) is 0 Å². The quantitative estimate of drug-likeness (QED) is 0.302. The Kier molecular flexibility index (Phi) is 6.81. The maximum atomic E-state index is 9.65. The van der Waals surface area contributed by atoms with E-state index >= 15 is 0 Å². The number of nitrogens with zero attached hydrogens (tertiary/aromatic N) is 3. The maximum Gasteiger partial charge on any atom is 0.269 e. The molecule has 4 nitrogen and oxygen atoms in total. The first kappa shape index (κ1) is 22.5. The first-order valence-corrected chi connectivity index (χ1v) is 11.2. The molecule has 1 atom stereocenters. The number of hydrogen-bond donors (Lipinski definition) is 1. The minimum atomic E-state index is 0.107. The summed E-state index contributed by atoms with van der Waals surface area (Å²) in [4.78, 5) is 7.10. The van der Waals surface area contributed by atoms with Crippen LogP contribution in [0.2, 0.25) is 0 Å². The van der Waals surface area contributed by atoms with Crippen molar-refractivity contribution in [2.45, 2.75) is 25.7 Å². The van der Waals surface area contributed by atoms with Crippen LogP contribution in [0, 0.1) is 35.8 Å². The Balaban J connectivity index is 1.89.